The summed E-state index contributed by atoms with van der Waals surface area (Å²) in [5, 5.41) is 10.9. The SMILES string of the molecule is COc1cc2c(cc1OC)N(C=O)C(O)C1[C@@H](CC(C)(C)[Si](C)(C)O)CCN1C2=O. The van der Waals surface area contributed by atoms with Gasteiger partial charge in [0.2, 0.25) is 6.41 Å². The van der Waals surface area contributed by atoms with Crippen LogP contribution in [0.4, 0.5) is 5.69 Å². The smallest absolute Gasteiger partial charge is 0.256 e. The van der Waals surface area contributed by atoms with Crippen molar-refractivity contribution in [2.75, 3.05) is 25.7 Å². The molecule has 2 amide bonds. The van der Waals surface area contributed by atoms with E-state index in [0.717, 1.165) is 0 Å². The van der Waals surface area contributed by atoms with E-state index in [1.807, 2.05) is 26.9 Å². The van der Waals surface area contributed by atoms with Gasteiger partial charge in [0.1, 0.15) is 0 Å². The van der Waals surface area contributed by atoms with Gasteiger partial charge in [-0.15, -0.1) is 0 Å². The number of aliphatic hydroxyl groups is 1. The van der Waals surface area contributed by atoms with Crippen LogP contribution >= 0.6 is 0 Å². The van der Waals surface area contributed by atoms with Gasteiger partial charge in [0.05, 0.1) is 31.5 Å². The molecule has 2 N–H and O–H groups in total. The van der Waals surface area contributed by atoms with E-state index < -0.39 is 20.6 Å². The summed E-state index contributed by atoms with van der Waals surface area (Å²) in [4.78, 5) is 39.0. The Morgan fingerprint density at radius 1 is 1.23 bits per heavy atom. The fourth-order valence-corrected chi connectivity index (χ4v) is 5.24. The number of carbonyl (C=O) groups is 2. The molecule has 0 spiro atoms. The monoisotopic (exact) mass is 436 g/mol. The first-order chi connectivity index (χ1) is 14.0. The van der Waals surface area contributed by atoms with Gasteiger partial charge in [-0.2, -0.15) is 0 Å². The number of aliphatic hydroxyl groups excluding tert-OH is 1. The maximum Gasteiger partial charge on any atom is 0.256 e. The minimum absolute atomic E-state index is 0.0431. The quantitative estimate of drug-likeness (QED) is 0.524. The number of nitrogens with zero attached hydrogens (tertiary/aromatic N) is 2. The zero-order valence-corrected chi connectivity index (χ0v) is 19.5. The number of methoxy groups -OCH3 is 2. The van der Waals surface area contributed by atoms with Crippen molar-refractivity contribution in [2.45, 2.75) is 57.1 Å². The minimum Gasteiger partial charge on any atom is -0.493 e. The zero-order valence-electron chi connectivity index (χ0n) is 18.5. The van der Waals surface area contributed by atoms with Crippen LogP contribution in [0.2, 0.25) is 18.1 Å². The summed E-state index contributed by atoms with van der Waals surface area (Å²) in [6.45, 7) is 8.36. The maximum absolute atomic E-state index is 13.4. The Morgan fingerprint density at radius 2 is 1.83 bits per heavy atom. The molecule has 1 fully saturated rings. The summed E-state index contributed by atoms with van der Waals surface area (Å²) in [6, 6.07) is 2.56. The van der Waals surface area contributed by atoms with E-state index in [1.165, 1.54) is 19.1 Å². The molecule has 2 aliphatic heterocycles. The molecule has 2 heterocycles. The molecule has 1 aromatic carbocycles. The normalized spacial score (nSPS) is 24.3. The van der Waals surface area contributed by atoms with E-state index in [4.69, 9.17) is 9.47 Å². The maximum atomic E-state index is 13.4. The third kappa shape index (κ3) is 3.59. The summed E-state index contributed by atoms with van der Waals surface area (Å²) >= 11 is 0. The Labute approximate surface area is 178 Å². The fraction of sp³-hybridized carbons (Fsp3) is 0.619. The molecule has 3 rings (SSSR count). The highest BCUT2D eigenvalue weighted by molar-refractivity contribution is 6.72. The topological polar surface area (TPSA) is 99.5 Å². The van der Waals surface area contributed by atoms with E-state index in [1.54, 1.807) is 17.0 Å². The van der Waals surface area contributed by atoms with Crippen LogP contribution < -0.4 is 14.4 Å². The van der Waals surface area contributed by atoms with Crippen LogP contribution in [-0.4, -0.2) is 68.5 Å². The second kappa shape index (κ2) is 7.86. The number of amides is 2. The molecule has 0 aromatic heterocycles. The van der Waals surface area contributed by atoms with Crippen LogP contribution in [0.1, 0.15) is 37.0 Å². The Hall–Kier alpha value is -2.10. The minimum atomic E-state index is -2.48. The van der Waals surface area contributed by atoms with Gasteiger partial charge < -0.3 is 24.3 Å². The molecule has 0 saturated carbocycles. The van der Waals surface area contributed by atoms with Crippen LogP contribution in [-0.2, 0) is 4.79 Å². The van der Waals surface area contributed by atoms with Crippen molar-refractivity contribution in [3.63, 3.8) is 0 Å². The van der Waals surface area contributed by atoms with E-state index in [0.29, 0.717) is 43.0 Å². The number of carbonyl (C=O) groups excluding carboxylic acids is 2. The van der Waals surface area contributed by atoms with Crippen LogP contribution in [0.3, 0.4) is 0 Å². The Kier molecular flexibility index (Phi) is 5.92. The third-order valence-electron chi connectivity index (χ3n) is 6.99. The lowest BCUT2D eigenvalue weighted by Crippen LogP contribution is -2.52. The second-order valence-electron chi connectivity index (χ2n) is 9.34. The highest BCUT2D eigenvalue weighted by Crippen LogP contribution is 2.48. The van der Waals surface area contributed by atoms with Crippen LogP contribution in [0, 0.1) is 5.92 Å². The molecule has 166 valence electrons. The summed E-state index contributed by atoms with van der Waals surface area (Å²) < 4.78 is 10.7. The van der Waals surface area contributed by atoms with Crippen molar-refractivity contribution in [1.82, 2.24) is 4.90 Å². The van der Waals surface area contributed by atoms with E-state index in [9.17, 15) is 19.5 Å². The number of benzene rings is 1. The molecular formula is C21H32N2O6Si. The summed E-state index contributed by atoms with van der Waals surface area (Å²) in [5.74, 6) is 0.461. The van der Waals surface area contributed by atoms with E-state index >= 15 is 0 Å². The summed E-state index contributed by atoms with van der Waals surface area (Å²) in [5.41, 5.74) is 0.586. The number of anilines is 1. The third-order valence-corrected chi connectivity index (χ3v) is 10.5. The largest absolute Gasteiger partial charge is 0.493 e. The number of ether oxygens (including phenoxy) is 2. The average molecular weight is 437 g/mol. The van der Waals surface area contributed by atoms with Gasteiger partial charge in [-0.05, 0) is 43.0 Å². The number of hydrogen-bond donors (Lipinski definition) is 2. The van der Waals surface area contributed by atoms with Gasteiger partial charge in [0, 0.05) is 12.6 Å². The van der Waals surface area contributed by atoms with Crippen LogP contribution in [0.5, 0.6) is 11.5 Å². The van der Waals surface area contributed by atoms with Crippen molar-refractivity contribution in [3.8, 4) is 11.5 Å². The van der Waals surface area contributed by atoms with Gasteiger partial charge in [0.25, 0.3) is 5.91 Å². The lowest BCUT2D eigenvalue weighted by atomic mass is 9.88. The highest BCUT2D eigenvalue weighted by atomic mass is 28.4. The fourth-order valence-electron chi connectivity index (χ4n) is 4.48. The second-order valence-corrected chi connectivity index (χ2v) is 13.8. The van der Waals surface area contributed by atoms with E-state index in [2.05, 4.69) is 0 Å². The highest BCUT2D eigenvalue weighted by Gasteiger charge is 2.50. The molecule has 0 aliphatic carbocycles. The molecule has 3 atom stereocenters. The lowest BCUT2D eigenvalue weighted by molar-refractivity contribution is -0.110. The molecular weight excluding hydrogens is 404 g/mol. The molecule has 2 aliphatic rings. The molecule has 1 aromatic rings. The standard InChI is InChI=1S/C21H32N2O6Si/c1-21(2,30(5,6)27)11-13-7-8-22-18(13)20(26)23(12-24)15-10-17(29-4)16(28-3)9-14(15)19(22)25/h9-10,12-13,18,20,26-27H,7-8,11H2,1-6H3/t13-,18?,20?/m1/s1. The molecule has 1 saturated heterocycles. The van der Waals surface area contributed by atoms with Crippen LogP contribution in [0.25, 0.3) is 0 Å². The predicted octanol–water partition coefficient (Wildman–Crippen LogP) is 2.20. The first-order valence-electron chi connectivity index (χ1n) is 10.2. The van der Waals surface area contributed by atoms with E-state index in [-0.39, 0.29) is 22.4 Å². The zero-order chi connectivity index (χ0) is 22.4. The van der Waals surface area contributed by atoms with Crippen molar-refractivity contribution in [2.24, 2.45) is 5.92 Å². The van der Waals surface area contributed by atoms with Gasteiger partial charge >= 0.3 is 0 Å². The van der Waals surface area contributed by atoms with Gasteiger partial charge in [-0.1, -0.05) is 13.8 Å². The number of hydrogen-bond acceptors (Lipinski definition) is 6. The summed E-state index contributed by atoms with van der Waals surface area (Å²) in [6.07, 6.45) is 0.718. The van der Waals surface area contributed by atoms with Crippen molar-refractivity contribution in [3.05, 3.63) is 17.7 Å². The van der Waals surface area contributed by atoms with Crippen LogP contribution in [0.15, 0.2) is 12.1 Å². The van der Waals surface area contributed by atoms with Crippen molar-refractivity contribution >= 4 is 26.3 Å². The Bertz CT molecular complexity index is 838. The molecule has 0 bridgehead atoms. The molecule has 0 radical (unpaired) electrons. The molecule has 2 unspecified atom stereocenters. The van der Waals surface area contributed by atoms with Crippen molar-refractivity contribution in [1.29, 1.82) is 0 Å². The van der Waals surface area contributed by atoms with Gasteiger partial charge in [-0.25, -0.2) is 0 Å². The summed E-state index contributed by atoms with van der Waals surface area (Å²) in [7, 11) is 0.479. The molecule has 8 nitrogen and oxygen atoms in total. The Morgan fingerprint density at radius 3 is 2.37 bits per heavy atom. The molecule has 30 heavy (non-hydrogen) atoms. The first kappa shape index (κ1) is 22.6. The Balaban J connectivity index is 2.06. The average Bonchev–Trinajstić information content (AvgIpc) is 3.05. The molecule has 9 heteroatoms. The predicted molar refractivity (Wildman–Crippen MR) is 115 cm³/mol. The lowest BCUT2D eigenvalue weighted by Gasteiger charge is -2.40. The van der Waals surface area contributed by atoms with Crippen molar-refractivity contribution < 1.29 is 29.0 Å². The number of rotatable bonds is 6. The van der Waals surface area contributed by atoms with Gasteiger partial charge in [-0.3, -0.25) is 14.5 Å². The number of fused-ring (bicyclic) bond motifs is 2. The first-order valence-corrected chi connectivity index (χ1v) is 13.1. The van der Waals surface area contributed by atoms with Gasteiger partial charge in [0.15, 0.2) is 26.0 Å².